The Hall–Kier alpha value is -3.15. The number of rotatable bonds is 7. The highest BCUT2D eigenvalue weighted by atomic mass is 16.5. The highest BCUT2D eigenvalue weighted by Gasteiger charge is 2.18. The number of hydrogen-bond donors (Lipinski definition) is 1. The molecule has 0 spiro atoms. The molecule has 0 aliphatic rings. The number of hydrogen-bond acceptors (Lipinski definition) is 5. The SMILES string of the molecule is CCCc1cc(=O)oc2c(C)c(OC(C)C(=O)NCc3ccncc3)ccc12. The quantitative estimate of drug-likeness (QED) is 0.634. The lowest BCUT2D eigenvalue weighted by Crippen LogP contribution is -2.36. The molecule has 6 nitrogen and oxygen atoms in total. The van der Waals surface area contributed by atoms with Gasteiger partial charge in [0, 0.05) is 36.0 Å². The van der Waals surface area contributed by atoms with Crippen molar-refractivity contribution >= 4 is 16.9 Å². The van der Waals surface area contributed by atoms with Crippen molar-refractivity contribution in [2.75, 3.05) is 0 Å². The van der Waals surface area contributed by atoms with E-state index in [2.05, 4.69) is 17.2 Å². The van der Waals surface area contributed by atoms with E-state index >= 15 is 0 Å². The van der Waals surface area contributed by atoms with Gasteiger partial charge in [-0.05, 0) is 55.7 Å². The van der Waals surface area contributed by atoms with E-state index in [1.165, 1.54) is 0 Å². The van der Waals surface area contributed by atoms with Crippen LogP contribution in [0.15, 0.2) is 51.9 Å². The van der Waals surface area contributed by atoms with Gasteiger partial charge in [-0.1, -0.05) is 13.3 Å². The number of ether oxygens (including phenoxy) is 1. The van der Waals surface area contributed by atoms with Gasteiger partial charge in [-0.25, -0.2) is 4.79 Å². The predicted molar refractivity (Wildman–Crippen MR) is 107 cm³/mol. The summed E-state index contributed by atoms with van der Waals surface area (Å²) in [5, 5.41) is 3.75. The van der Waals surface area contributed by atoms with Crippen LogP contribution in [0.3, 0.4) is 0 Å². The third kappa shape index (κ3) is 4.39. The molecule has 1 unspecified atom stereocenters. The molecule has 0 saturated carbocycles. The highest BCUT2D eigenvalue weighted by Crippen LogP contribution is 2.29. The Morgan fingerprint density at radius 3 is 2.71 bits per heavy atom. The van der Waals surface area contributed by atoms with Gasteiger partial charge in [0.25, 0.3) is 5.91 Å². The number of fused-ring (bicyclic) bond motifs is 1. The zero-order valence-corrected chi connectivity index (χ0v) is 16.3. The van der Waals surface area contributed by atoms with Crippen LogP contribution < -0.4 is 15.7 Å². The van der Waals surface area contributed by atoms with E-state index in [1.807, 2.05) is 31.2 Å². The molecule has 0 aliphatic carbocycles. The fourth-order valence-corrected chi connectivity index (χ4v) is 3.09. The number of amides is 1. The summed E-state index contributed by atoms with van der Waals surface area (Å²) in [6.07, 6.45) is 4.41. The standard InChI is InChI=1S/C22H24N2O4/c1-4-5-17-12-20(25)28-21-14(2)19(7-6-18(17)21)27-15(3)22(26)24-13-16-8-10-23-11-9-16/h6-12,15H,4-5,13H2,1-3H3,(H,24,26). The number of carbonyl (C=O) groups is 1. The minimum Gasteiger partial charge on any atom is -0.480 e. The number of benzene rings is 1. The first-order chi connectivity index (χ1) is 13.5. The highest BCUT2D eigenvalue weighted by molar-refractivity contribution is 5.85. The fraction of sp³-hybridized carbons (Fsp3) is 0.318. The summed E-state index contributed by atoms with van der Waals surface area (Å²) in [4.78, 5) is 28.2. The van der Waals surface area contributed by atoms with Crippen molar-refractivity contribution in [3.8, 4) is 5.75 Å². The van der Waals surface area contributed by atoms with Crippen molar-refractivity contribution in [3.05, 3.63) is 69.8 Å². The van der Waals surface area contributed by atoms with Crippen LogP contribution in [0.2, 0.25) is 0 Å². The summed E-state index contributed by atoms with van der Waals surface area (Å²) < 4.78 is 11.3. The minimum atomic E-state index is -0.691. The monoisotopic (exact) mass is 380 g/mol. The van der Waals surface area contributed by atoms with Crippen LogP contribution in [-0.2, 0) is 17.8 Å². The predicted octanol–water partition coefficient (Wildman–Crippen LogP) is 3.53. The molecule has 2 aromatic heterocycles. The summed E-state index contributed by atoms with van der Waals surface area (Å²) in [6, 6.07) is 8.93. The smallest absolute Gasteiger partial charge is 0.336 e. The van der Waals surface area contributed by atoms with E-state index in [4.69, 9.17) is 9.15 Å². The summed E-state index contributed by atoms with van der Waals surface area (Å²) in [5.74, 6) is 0.299. The molecule has 0 aliphatic heterocycles. The maximum absolute atomic E-state index is 12.4. The van der Waals surface area contributed by atoms with E-state index < -0.39 is 6.10 Å². The summed E-state index contributed by atoms with van der Waals surface area (Å²) >= 11 is 0. The maximum Gasteiger partial charge on any atom is 0.336 e. The molecule has 1 N–H and O–H groups in total. The first-order valence-corrected chi connectivity index (χ1v) is 9.39. The minimum absolute atomic E-state index is 0.225. The molecule has 3 rings (SSSR count). The lowest BCUT2D eigenvalue weighted by Gasteiger charge is -2.17. The summed E-state index contributed by atoms with van der Waals surface area (Å²) in [5.41, 5.74) is 2.77. The van der Waals surface area contributed by atoms with Gasteiger partial charge in [-0.2, -0.15) is 0 Å². The summed E-state index contributed by atoms with van der Waals surface area (Å²) in [7, 11) is 0. The van der Waals surface area contributed by atoms with Crippen LogP contribution in [0, 0.1) is 6.92 Å². The average Bonchev–Trinajstić information content (AvgIpc) is 2.69. The number of aromatic nitrogens is 1. The van der Waals surface area contributed by atoms with E-state index in [9.17, 15) is 9.59 Å². The van der Waals surface area contributed by atoms with Gasteiger partial charge in [-0.3, -0.25) is 9.78 Å². The van der Waals surface area contributed by atoms with Gasteiger partial charge in [0.1, 0.15) is 11.3 Å². The molecule has 0 radical (unpaired) electrons. The van der Waals surface area contributed by atoms with E-state index in [0.717, 1.165) is 29.4 Å². The van der Waals surface area contributed by atoms with Crippen molar-refractivity contribution in [2.24, 2.45) is 0 Å². The van der Waals surface area contributed by atoms with Crippen LogP contribution in [0.25, 0.3) is 11.0 Å². The molecule has 146 valence electrons. The van der Waals surface area contributed by atoms with Gasteiger partial charge in [0.05, 0.1) is 0 Å². The average molecular weight is 380 g/mol. The van der Waals surface area contributed by atoms with Crippen LogP contribution >= 0.6 is 0 Å². The number of nitrogens with zero attached hydrogens (tertiary/aromatic N) is 1. The number of carbonyl (C=O) groups excluding carboxylic acids is 1. The van der Waals surface area contributed by atoms with Gasteiger partial charge in [0.2, 0.25) is 0 Å². The second kappa shape index (κ2) is 8.69. The largest absolute Gasteiger partial charge is 0.480 e. The van der Waals surface area contributed by atoms with E-state index in [-0.39, 0.29) is 11.5 Å². The fourth-order valence-electron chi connectivity index (χ4n) is 3.09. The van der Waals surface area contributed by atoms with E-state index in [0.29, 0.717) is 23.4 Å². The normalized spacial score (nSPS) is 12.0. The molecule has 28 heavy (non-hydrogen) atoms. The van der Waals surface area contributed by atoms with E-state index in [1.54, 1.807) is 25.4 Å². The van der Waals surface area contributed by atoms with Crippen LogP contribution in [0.1, 0.15) is 37.0 Å². The Labute approximate surface area is 163 Å². The molecule has 1 amide bonds. The maximum atomic E-state index is 12.4. The Kier molecular flexibility index (Phi) is 6.09. The van der Waals surface area contributed by atoms with Crippen molar-refractivity contribution in [1.82, 2.24) is 10.3 Å². The molecule has 0 fully saturated rings. The molecular weight excluding hydrogens is 356 g/mol. The second-order valence-electron chi connectivity index (χ2n) is 6.74. The zero-order chi connectivity index (χ0) is 20.1. The molecular formula is C22H24N2O4. The van der Waals surface area contributed by atoms with Crippen LogP contribution in [-0.4, -0.2) is 17.0 Å². The third-order valence-corrected chi connectivity index (χ3v) is 4.61. The first kappa shape index (κ1) is 19.6. The van der Waals surface area contributed by atoms with Crippen molar-refractivity contribution < 1.29 is 13.9 Å². The molecule has 2 heterocycles. The van der Waals surface area contributed by atoms with Gasteiger partial charge >= 0.3 is 5.63 Å². The topological polar surface area (TPSA) is 81.4 Å². The van der Waals surface area contributed by atoms with Gasteiger partial charge in [0.15, 0.2) is 6.10 Å². The van der Waals surface area contributed by atoms with Crippen LogP contribution in [0.4, 0.5) is 0 Å². The number of pyridine rings is 1. The lowest BCUT2D eigenvalue weighted by molar-refractivity contribution is -0.127. The molecule has 0 bridgehead atoms. The van der Waals surface area contributed by atoms with Crippen molar-refractivity contribution in [1.29, 1.82) is 0 Å². The van der Waals surface area contributed by atoms with Crippen LogP contribution in [0.5, 0.6) is 5.75 Å². The molecule has 1 atom stereocenters. The summed E-state index contributed by atoms with van der Waals surface area (Å²) in [6.45, 7) is 5.99. The number of aryl methyl sites for hydroxylation is 2. The lowest BCUT2D eigenvalue weighted by atomic mass is 10.0. The zero-order valence-electron chi connectivity index (χ0n) is 16.3. The molecule has 1 aromatic carbocycles. The molecule has 3 aromatic rings. The number of nitrogens with one attached hydrogen (secondary N) is 1. The Bertz CT molecular complexity index is 1030. The molecule has 6 heteroatoms. The Morgan fingerprint density at radius 2 is 2.00 bits per heavy atom. The Balaban J connectivity index is 1.77. The first-order valence-electron chi connectivity index (χ1n) is 9.39. The molecule has 0 saturated heterocycles. The van der Waals surface area contributed by atoms with Gasteiger partial charge < -0.3 is 14.5 Å². The Morgan fingerprint density at radius 1 is 1.25 bits per heavy atom. The van der Waals surface area contributed by atoms with Crippen molar-refractivity contribution in [2.45, 2.75) is 46.3 Å². The van der Waals surface area contributed by atoms with Gasteiger partial charge in [-0.15, -0.1) is 0 Å². The second-order valence-corrected chi connectivity index (χ2v) is 6.74. The van der Waals surface area contributed by atoms with Crippen molar-refractivity contribution in [3.63, 3.8) is 0 Å². The third-order valence-electron chi connectivity index (χ3n) is 4.61.